The van der Waals surface area contributed by atoms with Crippen LogP contribution >= 0.6 is 0 Å². The van der Waals surface area contributed by atoms with Gasteiger partial charge < -0.3 is 4.98 Å². The molecule has 6 nitrogen and oxygen atoms in total. The van der Waals surface area contributed by atoms with Gasteiger partial charge in [0.1, 0.15) is 6.33 Å². The third-order valence-corrected chi connectivity index (χ3v) is 1.49. The minimum atomic E-state index is -0.355. The zero-order valence-corrected chi connectivity index (χ0v) is 6.64. The quantitative estimate of drug-likeness (QED) is 0.622. The fraction of sp³-hybridized carbons (Fsp3) is 0. The fourth-order valence-corrected chi connectivity index (χ4v) is 0.871. The molecule has 0 aliphatic carbocycles. The van der Waals surface area contributed by atoms with Crippen LogP contribution in [0, 0.1) is 0 Å². The van der Waals surface area contributed by atoms with Crippen LogP contribution in [0.2, 0.25) is 0 Å². The number of hydrogen-bond donors (Lipinski definition) is 2. The Morgan fingerprint density at radius 3 is 3.15 bits per heavy atom. The lowest BCUT2D eigenvalue weighted by molar-refractivity contribution is 0.835. The van der Waals surface area contributed by atoms with Gasteiger partial charge in [-0.15, -0.1) is 0 Å². The first-order valence-corrected chi connectivity index (χ1v) is 3.65. The first-order chi connectivity index (χ1) is 6.36. The average molecular weight is 177 g/mol. The monoisotopic (exact) mass is 177 g/mol. The first kappa shape index (κ1) is 7.53. The predicted octanol–water partition coefficient (Wildman–Crippen LogP) is -0.218. The maximum Gasteiger partial charge on any atom is 0.363 e. The molecule has 0 atom stereocenters. The van der Waals surface area contributed by atoms with Crippen molar-refractivity contribution in [1.29, 1.82) is 0 Å². The molecule has 0 fully saturated rings. The molecule has 2 rings (SSSR count). The lowest BCUT2D eigenvalue weighted by atomic mass is 10.4. The SMILES string of the molecule is O=c1[nH]ncn1/N=C/c1cc[nH]c1. The smallest absolute Gasteiger partial charge is 0.363 e. The number of aromatic amines is 2. The highest BCUT2D eigenvalue weighted by Gasteiger charge is 1.91. The third kappa shape index (κ3) is 1.56. The molecule has 2 aromatic rings. The van der Waals surface area contributed by atoms with Crippen LogP contribution in [0.3, 0.4) is 0 Å². The molecule has 0 aliphatic rings. The van der Waals surface area contributed by atoms with Gasteiger partial charge in [-0.25, -0.2) is 9.89 Å². The largest absolute Gasteiger partial charge is 0.367 e. The van der Waals surface area contributed by atoms with Crippen LogP contribution in [-0.4, -0.2) is 26.1 Å². The molecule has 0 saturated carbocycles. The van der Waals surface area contributed by atoms with Crippen LogP contribution in [-0.2, 0) is 0 Å². The normalized spacial score (nSPS) is 11.1. The maximum atomic E-state index is 10.9. The van der Waals surface area contributed by atoms with Crippen molar-refractivity contribution in [3.63, 3.8) is 0 Å². The highest BCUT2D eigenvalue weighted by atomic mass is 16.2. The zero-order valence-electron chi connectivity index (χ0n) is 6.64. The molecule has 0 amide bonds. The van der Waals surface area contributed by atoms with Gasteiger partial charge in [0.2, 0.25) is 0 Å². The molecule has 0 aromatic carbocycles. The molecule has 2 aromatic heterocycles. The van der Waals surface area contributed by atoms with Gasteiger partial charge in [-0.2, -0.15) is 14.9 Å². The standard InChI is InChI=1S/C7H7N5O/c13-7-11-9-5-12(7)10-4-6-1-2-8-3-6/h1-5,8H,(H,11,13)/b10-4+. The van der Waals surface area contributed by atoms with E-state index in [-0.39, 0.29) is 5.69 Å². The summed E-state index contributed by atoms with van der Waals surface area (Å²) < 4.78 is 1.12. The molecular weight excluding hydrogens is 170 g/mol. The summed E-state index contributed by atoms with van der Waals surface area (Å²) in [6, 6.07) is 1.84. The van der Waals surface area contributed by atoms with Gasteiger partial charge in [0, 0.05) is 18.0 Å². The number of rotatable bonds is 2. The lowest BCUT2D eigenvalue weighted by Crippen LogP contribution is -2.11. The molecule has 6 heteroatoms. The molecule has 66 valence electrons. The zero-order chi connectivity index (χ0) is 9.10. The van der Waals surface area contributed by atoms with E-state index in [2.05, 4.69) is 20.3 Å². The van der Waals surface area contributed by atoms with Crippen molar-refractivity contribution in [2.24, 2.45) is 5.10 Å². The number of nitrogens with zero attached hydrogens (tertiary/aromatic N) is 3. The Morgan fingerprint density at radius 2 is 2.54 bits per heavy atom. The van der Waals surface area contributed by atoms with E-state index in [0.717, 1.165) is 10.2 Å². The van der Waals surface area contributed by atoms with Gasteiger partial charge in [-0.1, -0.05) is 0 Å². The van der Waals surface area contributed by atoms with E-state index in [4.69, 9.17) is 0 Å². The number of hydrogen-bond acceptors (Lipinski definition) is 3. The molecule has 0 radical (unpaired) electrons. The van der Waals surface area contributed by atoms with Crippen LogP contribution in [0.5, 0.6) is 0 Å². The molecule has 2 heterocycles. The van der Waals surface area contributed by atoms with Gasteiger partial charge in [-0.05, 0) is 6.07 Å². The van der Waals surface area contributed by atoms with Gasteiger partial charge in [0.15, 0.2) is 0 Å². The van der Waals surface area contributed by atoms with Gasteiger partial charge in [0.25, 0.3) is 0 Å². The van der Waals surface area contributed by atoms with Crippen molar-refractivity contribution < 1.29 is 0 Å². The van der Waals surface area contributed by atoms with Gasteiger partial charge in [-0.3, -0.25) is 0 Å². The van der Waals surface area contributed by atoms with Crippen LogP contribution in [0.4, 0.5) is 0 Å². The van der Waals surface area contributed by atoms with E-state index < -0.39 is 0 Å². The van der Waals surface area contributed by atoms with Gasteiger partial charge >= 0.3 is 5.69 Å². The molecule has 13 heavy (non-hydrogen) atoms. The topological polar surface area (TPSA) is 78.8 Å². The van der Waals surface area contributed by atoms with Crippen molar-refractivity contribution in [1.82, 2.24) is 19.9 Å². The second-order valence-electron chi connectivity index (χ2n) is 2.40. The summed E-state index contributed by atoms with van der Waals surface area (Å²) in [5, 5.41) is 9.63. The highest BCUT2D eigenvalue weighted by Crippen LogP contribution is 1.90. The summed E-state index contributed by atoms with van der Waals surface area (Å²) >= 11 is 0. The first-order valence-electron chi connectivity index (χ1n) is 3.65. The summed E-state index contributed by atoms with van der Waals surface area (Å²) in [6.45, 7) is 0. The Bertz CT molecular complexity index is 449. The Morgan fingerprint density at radius 1 is 1.62 bits per heavy atom. The number of nitrogens with one attached hydrogen (secondary N) is 2. The van der Waals surface area contributed by atoms with E-state index in [1.54, 1.807) is 18.6 Å². The summed E-state index contributed by atoms with van der Waals surface area (Å²) in [4.78, 5) is 13.8. The van der Waals surface area contributed by atoms with Crippen molar-refractivity contribution in [2.45, 2.75) is 0 Å². The Labute approximate surface area is 72.9 Å². The van der Waals surface area contributed by atoms with Crippen LogP contribution < -0.4 is 5.69 Å². The molecule has 0 spiro atoms. The highest BCUT2D eigenvalue weighted by molar-refractivity contribution is 5.78. The van der Waals surface area contributed by atoms with E-state index in [1.165, 1.54) is 6.33 Å². The van der Waals surface area contributed by atoms with Crippen LogP contribution in [0.15, 0.2) is 34.7 Å². The van der Waals surface area contributed by atoms with E-state index in [1.807, 2.05) is 6.07 Å². The molecular formula is C7H7N5O. The minimum absolute atomic E-state index is 0.355. The summed E-state index contributed by atoms with van der Waals surface area (Å²) in [7, 11) is 0. The van der Waals surface area contributed by atoms with E-state index in [0.29, 0.717) is 0 Å². The van der Waals surface area contributed by atoms with Crippen LogP contribution in [0.25, 0.3) is 0 Å². The van der Waals surface area contributed by atoms with Crippen molar-refractivity contribution in [3.05, 3.63) is 40.8 Å². The summed E-state index contributed by atoms with van der Waals surface area (Å²) in [5.74, 6) is 0. The Balaban J connectivity index is 2.24. The maximum absolute atomic E-state index is 10.9. The molecule has 0 aliphatic heterocycles. The van der Waals surface area contributed by atoms with Crippen molar-refractivity contribution >= 4 is 6.21 Å². The molecule has 0 saturated heterocycles. The summed E-state index contributed by atoms with van der Waals surface area (Å²) in [5.41, 5.74) is 0.542. The predicted molar refractivity (Wildman–Crippen MR) is 46.6 cm³/mol. The third-order valence-electron chi connectivity index (χ3n) is 1.49. The van der Waals surface area contributed by atoms with Crippen molar-refractivity contribution in [3.8, 4) is 0 Å². The van der Waals surface area contributed by atoms with Crippen molar-refractivity contribution in [2.75, 3.05) is 0 Å². The second kappa shape index (κ2) is 3.10. The average Bonchev–Trinajstić information content (AvgIpc) is 2.72. The summed E-state index contributed by atoms with van der Waals surface area (Å²) in [6.07, 6.45) is 6.42. The minimum Gasteiger partial charge on any atom is -0.367 e. The Hall–Kier alpha value is -2.11. The van der Waals surface area contributed by atoms with Gasteiger partial charge in [0.05, 0.1) is 6.21 Å². The molecule has 0 unspecified atom stereocenters. The lowest BCUT2D eigenvalue weighted by Gasteiger charge is -1.85. The number of aromatic nitrogens is 4. The molecule has 0 bridgehead atoms. The van der Waals surface area contributed by atoms with Crippen LogP contribution in [0.1, 0.15) is 5.56 Å². The van der Waals surface area contributed by atoms with E-state index in [9.17, 15) is 4.79 Å². The Kier molecular flexibility index (Phi) is 1.79. The number of H-pyrrole nitrogens is 2. The molecule has 2 N–H and O–H groups in total. The second-order valence-corrected chi connectivity index (χ2v) is 2.40. The van der Waals surface area contributed by atoms with E-state index >= 15 is 0 Å². The fourth-order valence-electron chi connectivity index (χ4n) is 0.871.